The van der Waals surface area contributed by atoms with Crippen molar-refractivity contribution in [2.24, 2.45) is 5.14 Å². The largest absolute Gasteiger partial charge is 0.365 e. The summed E-state index contributed by atoms with van der Waals surface area (Å²) < 4.78 is 23.1. The highest BCUT2D eigenvalue weighted by molar-refractivity contribution is 7.89. The van der Waals surface area contributed by atoms with Gasteiger partial charge in [-0.05, 0) is 59.7 Å². The highest BCUT2D eigenvalue weighted by Crippen LogP contribution is 2.38. The summed E-state index contributed by atoms with van der Waals surface area (Å²) in [4.78, 5) is 15.2. The van der Waals surface area contributed by atoms with Crippen molar-refractivity contribution in [3.8, 4) is 22.6 Å². The lowest BCUT2D eigenvalue weighted by Crippen LogP contribution is -2.11. The van der Waals surface area contributed by atoms with Gasteiger partial charge in [-0.25, -0.2) is 23.5 Å². The van der Waals surface area contributed by atoms with Crippen molar-refractivity contribution in [3.05, 3.63) is 114 Å². The average Bonchev–Trinajstić information content (AvgIpc) is 3.41. The molecule has 0 radical (unpaired) electrons. The number of nitrogens with two attached hydrogens (primary N) is 1. The number of primary sulfonamides is 1. The van der Waals surface area contributed by atoms with Crippen molar-refractivity contribution in [2.75, 3.05) is 10.6 Å². The third kappa shape index (κ3) is 5.55. The van der Waals surface area contributed by atoms with Gasteiger partial charge in [-0.1, -0.05) is 48.5 Å². The minimum absolute atomic E-state index is 0.0699. The molecule has 0 saturated heterocycles. The minimum atomic E-state index is -3.74. The highest BCUT2D eigenvalue weighted by Gasteiger charge is 2.17. The SMILES string of the molecule is NS(=O)(=O)c1ccc(Nc2cccc(CNc3nc(-c4ccccn4)nc4scc(-c5ccccc5)c34)c2)cc1. The number of hydrogen-bond acceptors (Lipinski definition) is 8. The molecule has 0 unspecified atom stereocenters. The Balaban J connectivity index is 1.30. The van der Waals surface area contributed by atoms with Crippen LogP contribution >= 0.6 is 11.3 Å². The van der Waals surface area contributed by atoms with E-state index in [-0.39, 0.29) is 4.90 Å². The summed E-state index contributed by atoms with van der Waals surface area (Å²) >= 11 is 1.59. The van der Waals surface area contributed by atoms with Crippen LogP contribution in [0.4, 0.5) is 17.2 Å². The fraction of sp³-hybridized carbons (Fsp3) is 0.0333. The fourth-order valence-corrected chi connectivity index (χ4v) is 5.81. The molecule has 4 N–H and O–H groups in total. The molecule has 0 aliphatic carbocycles. The number of fused-ring (bicyclic) bond motifs is 1. The van der Waals surface area contributed by atoms with E-state index in [1.54, 1.807) is 29.7 Å². The van der Waals surface area contributed by atoms with Crippen LogP contribution in [0, 0.1) is 0 Å². The number of hydrogen-bond donors (Lipinski definition) is 3. The maximum atomic E-state index is 11.5. The van der Waals surface area contributed by atoms with E-state index < -0.39 is 10.0 Å². The van der Waals surface area contributed by atoms with Crippen LogP contribution in [0.2, 0.25) is 0 Å². The predicted octanol–water partition coefficient (Wildman–Crippen LogP) is 6.42. The number of nitrogens with zero attached hydrogens (tertiary/aromatic N) is 3. The van der Waals surface area contributed by atoms with Crippen molar-refractivity contribution >= 4 is 48.8 Å². The molecule has 6 aromatic rings. The van der Waals surface area contributed by atoms with Gasteiger partial charge in [0.15, 0.2) is 5.82 Å². The Hall–Kier alpha value is -4.64. The smallest absolute Gasteiger partial charge is 0.238 e. The van der Waals surface area contributed by atoms with Crippen LogP contribution in [0.5, 0.6) is 0 Å². The molecule has 8 nitrogen and oxygen atoms in total. The highest BCUT2D eigenvalue weighted by atomic mass is 32.2. The Bertz CT molecular complexity index is 1890. The van der Waals surface area contributed by atoms with Crippen LogP contribution in [0.3, 0.4) is 0 Å². The Morgan fingerprint density at radius 3 is 2.38 bits per heavy atom. The van der Waals surface area contributed by atoms with Gasteiger partial charge in [0.25, 0.3) is 0 Å². The van der Waals surface area contributed by atoms with Gasteiger partial charge < -0.3 is 10.6 Å². The summed E-state index contributed by atoms with van der Waals surface area (Å²) in [6, 6.07) is 30.2. The Kier molecular flexibility index (Phi) is 6.95. The third-order valence-electron chi connectivity index (χ3n) is 6.27. The van der Waals surface area contributed by atoms with E-state index in [1.165, 1.54) is 12.1 Å². The van der Waals surface area contributed by atoms with E-state index in [9.17, 15) is 8.42 Å². The first kappa shape index (κ1) is 25.6. The summed E-state index contributed by atoms with van der Waals surface area (Å²) in [5.41, 5.74) is 5.54. The van der Waals surface area contributed by atoms with Crippen molar-refractivity contribution < 1.29 is 8.42 Å². The first-order chi connectivity index (χ1) is 19.4. The molecular formula is C30H24N6O2S2. The van der Waals surface area contributed by atoms with Gasteiger partial charge in [0.2, 0.25) is 10.0 Å². The minimum Gasteiger partial charge on any atom is -0.365 e. The molecular weight excluding hydrogens is 541 g/mol. The lowest BCUT2D eigenvalue weighted by Gasteiger charge is -2.12. The van der Waals surface area contributed by atoms with Gasteiger partial charge in [0.1, 0.15) is 16.3 Å². The summed E-state index contributed by atoms with van der Waals surface area (Å²) in [5, 5.41) is 15.2. The Labute approximate surface area is 235 Å². The number of aromatic nitrogens is 3. The quantitative estimate of drug-likeness (QED) is 0.195. The van der Waals surface area contributed by atoms with E-state index in [0.29, 0.717) is 18.1 Å². The molecule has 0 bridgehead atoms. The van der Waals surface area contributed by atoms with Crippen LogP contribution in [0.15, 0.2) is 114 Å². The Morgan fingerprint density at radius 2 is 1.62 bits per heavy atom. The van der Waals surface area contributed by atoms with E-state index in [1.807, 2.05) is 60.7 Å². The molecule has 10 heteroatoms. The van der Waals surface area contributed by atoms with Gasteiger partial charge in [0.05, 0.1) is 10.3 Å². The van der Waals surface area contributed by atoms with Crippen molar-refractivity contribution in [3.63, 3.8) is 0 Å². The van der Waals surface area contributed by atoms with Gasteiger partial charge >= 0.3 is 0 Å². The number of benzene rings is 3. The first-order valence-electron chi connectivity index (χ1n) is 12.4. The van der Waals surface area contributed by atoms with Gasteiger partial charge in [-0.3, -0.25) is 4.98 Å². The van der Waals surface area contributed by atoms with Gasteiger partial charge in [-0.15, -0.1) is 11.3 Å². The zero-order valence-electron chi connectivity index (χ0n) is 21.2. The second kappa shape index (κ2) is 10.9. The molecule has 40 heavy (non-hydrogen) atoms. The number of nitrogens with one attached hydrogen (secondary N) is 2. The van der Waals surface area contributed by atoms with Crippen LogP contribution in [-0.4, -0.2) is 23.4 Å². The van der Waals surface area contributed by atoms with Crippen LogP contribution in [0.25, 0.3) is 32.9 Å². The van der Waals surface area contributed by atoms with E-state index in [2.05, 4.69) is 33.1 Å². The molecule has 198 valence electrons. The molecule has 0 aliphatic heterocycles. The van der Waals surface area contributed by atoms with Crippen LogP contribution in [0.1, 0.15) is 5.56 Å². The van der Waals surface area contributed by atoms with E-state index in [0.717, 1.165) is 44.1 Å². The Morgan fingerprint density at radius 1 is 0.825 bits per heavy atom. The van der Waals surface area contributed by atoms with Crippen LogP contribution in [-0.2, 0) is 16.6 Å². The topological polar surface area (TPSA) is 123 Å². The summed E-state index contributed by atoms with van der Waals surface area (Å²) in [6.07, 6.45) is 1.74. The maximum Gasteiger partial charge on any atom is 0.238 e. The monoisotopic (exact) mass is 564 g/mol. The molecule has 3 aromatic carbocycles. The fourth-order valence-electron chi connectivity index (χ4n) is 4.35. The summed E-state index contributed by atoms with van der Waals surface area (Å²) in [6.45, 7) is 0.526. The lowest BCUT2D eigenvalue weighted by molar-refractivity contribution is 0.598. The zero-order chi connectivity index (χ0) is 27.5. The number of thiophene rings is 1. The molecule has 0 atom stereocenters. The van der Waals surface area contributed by atoms with Crippen LogP contribution < -0.4 is 15.8 Å². The standard InChI is InChI=1S/C30H24N6O2S2/c31-40(37,38)24-14-12-22(13-15-24)34-23-10-6-7-20(17-23)18-33-29-27-25(21-8-2-1-3-9-21)19-39-30(27)36-28(35-29)26-11-4-5-16-32-26/h1-17,19,34H,18H2,(H2,31,37,38)(H,33,35,36). The second-order valence-corrected chi connectivity index (χ2v) is 11.5. The number of anilines is 3. The molecule has 3 aromatic heterocycles. The molecule has 0 saturated carbocycles. The molecule has 0 spiro atoms. The van der Waals surface area contributed by atoms with E-state index in [4.69, 9.17) is 15.1 Å². The van der Waals surface area contributed by atoms with Gasteiger partial charge in [0, 0.05) is 35.1 Å². The molecule has 0 aliphatic rings. The number of sulfonamides is 1. The van der Waals surface area contributed by atoms with Crippen molar-refractivity contribution in [1.82, 2.24) is 15.0 Å². The summed E-state index contributed by atoms with van der Waals surface area (Å²) in [5.74, 6) is 1.30. The molecule has 6 rings (SSSR count). The predicted molar refractivity (Wildman–Crippen MR) is 161 cm³/mol. The molecule has 0 fully saturated rings. The van der Waals surface area contributed by atoms with Crippen molar-refractivity contribution in [2.45, 2.75) is 11.4 Å². The zero-order valence-corrected chi connectivity index (χ0v) is 22.8. The van der Waals surface area contributed by atoms with E-state index >= 15 is 0 Å². The normalized spacial score (nSPS) is 11.4. The number of rotatable bonds is 8. The second-order valence-electron chi connectivity index (χ2n) is 9.05. The van der Waals surface area contributed by atoms with Gasteiger partial charge in [-0.2, -0.15) is 0 Å². The molecule has 3 heterocycles. The number of pyridine rings is 1. The molecule has 0 amide bonds. The lowest BCUT2D eigenvalue weighted by atomic mass is 10.1. The first-order valence-corrected chi connectivity index (χ1v) is 14.9. The third-order valence-corrected chi connectivity index (χ3v) is 8.07. The maximum absolute atomic E-state index is 11.5. The average molecular weight is 565 g/mol. The van der Waals surface area contributed by atoms with Crippen molar-refractivity contribution in [1.29, 1.82) is 0 Å². The summed E-state index contributed by atoms with van der Waals surface area (Å²) in [7, 11) is -3.74.